The zero-order valence-corrected chi connectivity index (χ0v) is 14.5. The van der Waals surface area contributed by atoms with Crippen LogP contribution in [0.1, 0.15) is 32.8 Å². The fourth-order valence-electron chi connectivity index (χ4n) is 3.10. The molecule has 1 aromatic rings. The second-order valence-corrected chi connectivity index (χ2v) is 7.70. The number of nitrogens with zero attached hydrogens (tertiary/aromatic N) is 1. The van der Waals surface area contributed by atoms with Gasteiger partial charge in [0.05, 0.1) is 11.1 Å². The van der Waals surface area contributed by atoms with E-state index in [1.165, 1.54) is 0 Å². The number of nitrogens with one attached hydrogen (secondary N) is 1. The van der Waals surface area contributed by atoms with Crippen molar-refractivity contribution >= 4 is 33.6 Å². The molecule has 0 radical (unpaired) electrons. The maximum Gasteiger partial charge on any atom is 0.410 e. The van der Waals surface area contributed by atoms with Crippen molar-refractivity contribution in [2.45, 2.75) is 38.2 Å². The Kier molecular flexibility index (Phi) is 3.47. The molecular weight excluding hydrogens is 348 g/mol. The summed E-state index contributed by atoms with van der Waals surface area (Å²) in [5.74, 6) is -0.0412. The Morgan fingerprint density at radius 3 is 2.82 bits per heavy atom. The Labute approximate surface area is 138 Å². The zero-order chi connectivity index (χ0) is 16.1. The molecule has 0 aromatic heterocycles. The van der Waals surface area contributed by atoms with Gasteiger partial charge < -0.3 is 15.0 Å². The van der Waals surface area contributed by atoms with Crippen LogP contribution in [-0.4, -0.2) is 35.6 Å². The minimum Gasteiger partial charge on any atom is -0.444 e. The maximum absolute atomic E-state index is 12.6. The van der Waals surface area contributed by atoms with Crippen LogP contribution in [0.25, 0.3) is 0 Å². The van der Waals surface area contributed by atoms with E-state index in [1.807, 2.05) is 39.0 Å². The summed E-state index contributed by atoms with van der Waals surface area (Å²) in [6, 6.07) is 5.77. The summed E-state index contributed by atoms with van der Waals surface area (Å²) in [5.41, 5.74) is 0.582. The van der Waals surface area contributed by atoms with Crippen LogP contribution in [0, 0.1) is 0 Å². The van der Waals surface area contributed by atoms with Crippen molar-refractivity contribution in [1.29, 1.82) is 0 Å². The van der Waals surface area contributed by atoms with Crippen LogP contribution in [-0.2, 0) is 14.9 Å². The lowest BCUT2D eigenvalue weighted by molar-refractivity contribution is -0.120. The molecule has 2 aliphatic rings. The number of anilines is 1. The first-order valence-corrected chi connectivity index (χ1v) is 8.11. The molecule has 1 N–H and O–H groups in total. The molecule has 2 heterocycles. The molecule has 0 aliphatic carbocycles. The number of rotatable bonds is 0. The number of hydrogen-bond acceptors (Lipinski definition) is 3. The Morgan fingerprint density at radius 2 is 2.14 bits per heavy atom. The summed E-state index contributed by atoms with van der Waals surface area (Å²) in [4.78, 5) is 26.4. The van der Waals surface area contributed by atoms with Gasteiger partial charge in [-0.1, -0.05) is 12.1 Å². The summed E-state index contributed by atoms with van der Waals surface area (Å²) < 4.78 is 6.28. The van der Waals surface area contributed by atoms with Crippen molar-refractivity contribution in [1.82, 2.24) is 4.90 Å². The van der Waals surface area contributed by atoms with Crippen LogP contribution in [0.15, 0.2) is 22.7 Å². The van der Waals surface area contributed by atoms with Crippen molar-refractivity contribution in [2.75, 3.05) is 18.4 Å². The van der Waals surface area contributed by atoms with Gasteiger partial charge in [0.1, 0.15) is 5.60 Å². The molecule has 0 saturated carbocycles. The van der Waals surface area contributed by atoms with Gasteiger partial charge in [0.25, 0.3) is 0 Å². The average molecular weight is 367 g/mol. The summed E-state index contributed by atoms with van der Waals surface area (Å²) in [5, 5.41) is 2.94. The average Bonchev–Trinajstić information content (AvgIpc) is 2.95. The van der Waals surface area contributed by atoms with E-state index in [-0.39, 0.29) is 12.0 Å². The Hall–Kier alpha value is -1.56. The van der Waals surface area contributed by atoms with Crippen LogP contribution < -0.4 is 5.32 Å². The number of ether oxygens (including phenoxy) is 1. The molecule has 0 unspecified atom stereocenters. The second kappa shape index (κ2) is 4.98. The third-order valence-electron chi connectivity index (χ3n) is 4.12. The summed E-state index contributed by atoms with van der Waals surface area (Å²) in [7, 11) is 0. The monoisotopic (exact) mass is 366 g/mol. The van der Waals surface area contributed by atoms with Gasteiger partial charge in [0.2, 0.25) is 5.91 Å². The number of para-hydroxylation sites is 1. The molecule has 1 atom stereocenters. The number of fused-ring (bicyclic) bond motifs is 2. The Morgan fingerprint density at radius 1 is 1.41 bits per heavy atom. The molecule has 6 heteroatoms. The lowest BCUT2D eigenvalue weighted by Gasteiger charge is -2.26. The molecule has 5 nitrogen and oxygen atoms in total. The van der Waals surface area contributed by atoms with Crippen molar-refractivity contribution in [3.05, 3.63) is 28.2 Å². The largest absolute Gasteiger partial charge is 0.444 e. The molecule has 1 aromatic carbocycles. The van der Waals surface area contributed by atoms with Crippen LogP contribution in [0.2, 0.25) is 0 Å². The SMILES string of the molecule is CC(C)(C)OC(=O)N1CC[C@@]2(C1)C(=O)Nc1c(Br)cccc12. The predicted molar refractivity (Wildman–Crippen MR) is 86.9 cm³/mol. The minimum atomic E-state index is -0.657. The van der Waals surface area contributed by atoms with Gasteiger partial charge in [-0.05, 0) is 54.8 Å². The second-order valence-electron chi connectivity index (χ2n) is 6.85. The molecule has 2 amide bonds. The zero-order valence-electron chi connectivity index (χ0n) is 12.9. The number of carbonyl (C=O) groups excluding carboxylic acids is 2. The molecule has 2 aliphatic heterocycles. The van der Waals surface area contributed by atoms with E-state index in [9.17, 15) is 9.59 Å². The highest BCUT2D eigenvalue weighted by molar-refractivity contribution is 9.10. The molecule has 22 heavy (non-hydrogen) atoms. The summed E-state index contributed by atoms with van der Waals surface area (Å²) in [6.45, 7) is 6.40. The molecule has 1 saturated heterocycles. The number of hydrogen-bond donors (Lipinski definition) is 1. The standard InChI is InChI=1S/C16H19BrN2O3/c1-15(2,3)22-14(21)19-8-7-16(9-19)10-5-4-6-11(17)12(10)18-13(16)20/h4-6H,7-9H2,1-3H3,(H,18,20)/t16-/m0/s1. The number of carbonyl (C=O) groups is 2. The van der Waals surface area contributed by atoms with Crippen LogP contribution in [0.5, 0.6) is 0 Å². The van der Waals surface area contributed by atoms with Gasteiger partial charge in [-0.2, -0.15) is 0 Å². The number of likely N-dealkylation sites (tertiary alicyclic amines) is 1. The smallest absolute Gasteiger partial charge is 0.410 e. The summed E-state index contributed by atoms with van der Waals surface area (Å²) in [6.07, 6.45) is 0.252. The van der Waals surface area contributed by atoms with Crippen LogP contribution in [0.3, 0.4) is 0 Å². The highest BCUT2D eigenvalue weighted by Gasteiger charge is 2.53. The van der Waals surface area contributed by atoms with E-state index in [0.29, 0.717) is 19.5 Å². The number of amides is 2. The first-order chi connectivity index (χ1) is 10.2. The van der Waals surface area contributed by atoms with Crippen molar-refractivity contribution in [3.8, 4) is 0 Å². The number of benzene rings is 1. The van der Waals surface area contributed by atoms with Crippen LogP contribution >= 0.6 is 15.9 Å². The Bertz CT molecular complexity index is 653. The highest BCUT2D eigenvalue weighted by atomic mass is 79.9. The van der Waals surface area contributed by atoms with E-state index in [1.54, 1.807) is 4.90 Å². The third kappa shape index (κ3) is 2.39. The van der Waals surface area contributed by atoms with Crippen molar-refractivity contribution in [3.63, 3.8) is 0 Å². The minimum absolute atomic E-state index is 0.0412. The molecule has 1 spiro atoms. The summed E-state index contributed by atoms with van der Waals surface area (Å²) >= 11 is 3.47. The fraction of sp³-hybridized carbons (Fsp3) is 0.500. The third-order valence-corrected chi connectivity index (χ3v) is 4.78. The van der Waals surface area contributed by atoms with E-state index in [0.717, 1.165) is 15.7 Å². The fourth-order valence-corrected chi connectivity index (χ4v) is 3.57. The van der Waals surface area contributed by atoms with E-state index in [4.69, 9.17) is 4.74 Å². The predicted octanol–water partition coefficient (Wildman–Crippen LogP) is 3.28. The van der Waals surface area contributed by atoms with Gasteiger partial charge in [-0.3, -0.25) is 4.79 Å². The van der Waals surface area contributed by atoms with Gasteiger partial charge in [-0.25, -0.2) is 4.79 Å². The lowest BCUT2D eigenvalue weighted by Crippen LogP contribution is -2.41. The topological polar surface area (TPSA) is 58.6 Å². The molecule has 118 valence electrons. The van der Waals surface area contributed by atoms with Gasteiger partial charge in [0.15, 0.2) is 0 Å². The molecular formula is C16H19BrN2O3. The molecule has 1 fully saturated rings. The first-order valence-electron chi connectivity index (χ1n) is 7.31. The van der Waals surface area contributed by atoms with E-state index in [2.05, 4.69) is 21.2 Å². The quantitative estimate of drug-likeness (QED) is 0.766. The maximum atomic E-state index is 12.6. The molecule has 3 rings (SSSR count). The van der Waals surface area contributed by atoms with Crippen molar-refractivity contribution in [2.24, 2.45) is 0 Å². The molecule has 0 bridgehead atoms. The van der Waals surface area contributed by atoms with Gasteiger partial charge in [-0.15, -0.1) is 0 Å². The highest BCUT2D eigenvalue weighted by Crippen LogP contribution is 2.46. The van der Waals surface area contributed by atoms with E-state index >= 15 is 0 Å². The van der Waals surface area contributed by atoms with Gasteiger partial charge >= 0.3 is 6.09 Å². The number of halogens is 1. The normalized spacial score (nSPS) is 23.6. The first kappa shape index (κ1) is 15.3. The van der Waals surface area contributed by atoms with Gasteiger partial charge in [0, 0.05) is 17.6 Å². The van der Waals surface area contributed by atoms with E-state index < -0.39 is 11.0 Å². The van der Waals surface area contributed by atoms with Crippen molar-refractivity contribution < 1.29 is 14.3 Å². The Balaban J connectivity index is 1.87. The lowest BCUT2D eigenvalue weighted by atomic mass is 9.81. The van der Waals surface area contributed by atoms with Crippen LogP contribution in [0.4, 0.5) is 10.5 Å².